The molecular formula is C13H15ClN2O2. The molecule has 0 heterocycles. The number of hydrogen-bond acceptors (Lipinski definition) is 3. The minimum absolute atomic E-state index is 0.261. The predicted octanol–water partition coefficient (Wildman–Crippen LogP) is 1.62. The lowest BCUT2D eigenvalue weighted by Gasteiger charge is -2.11. The summed E-state index contributed by atoms with van der Waals surface area (Å²) in [6.07, 6.45) is -0.542. The molecule has 3 N–H and O–H groups in total. The smallest absolute Gasteiger partial charge is 0.253 e. The average molecular weight is 267 g/mol. The monoisotopic (exact) mass is 266 g/mol. The first-order chi connectivity index (χ1) is 8.58. The summed E-state index contributed by atoms with van der Waals surface area (Å²) < 4.78 is 4.92. The van der Waals surface area contributed by atoms with Gasteiger partial charge in [0.25, 0.3) is 5.91 Å². The Kier molecular flexibility index (Phi) is 5.66. The Morgan fingerprint density at radius 3 is 2.94 bits per heavy atom. The number of halogens is 1. The standard InChI is InChI=1S/C13H15ClN2O2/c1-9(18-2)13(17)16-12-8-10(4-3-7-15)5-6-11(12)14/h5-6,8-9H,7,15H2,1-2H3,(H,16,17). The summed E-state index contributed by atoms with van der Waals surface area (Å²) in [5.41, 5.74) is 6.55. The summed E-state index contributed by atoms with van der Waals surface area (Å²) >= 11 is 5.99. The lowest BCUT2D eigenvalue weighted by molar-refractivity contribution is -0.124. The van der Waals surface area contributed by atoms with Crippen molar-refractivity contribution in [3.05, 3.63) is 28.8 Å². The van der Waals surface area contributed by atoms with Gasteiger partial charge in [-0.3, -0.25) is 4.79 Å². The summed E-state index contributed by atoms with van der Waals surface area (Å²) in [4.78, 5) is 11.7. The van der Waals surface area contributed by atoms with E-state index < -0.39 is 6.10 Å². The molecule has 0 aliphatic heterocycles. The Morgan fingerprint density at radius 2 is 2.33 bits per heavy atom. The third kappa shape index (κ3) is 4.04. The molecule has 0 bridgehead atoms. The zero-order chi connectivity index (χ0) is 13.5. The van der Waals surface area contributed by atoms with Gasteiger partial charge in [-0.15, -0.1) is 0 Å². The Bertz CT molecular complexity index is 491. The summed E-state index contributed by atoms with van der Waals surface area (Å²) in [7, 11) is 1.47. The topological polar surface area (TPSA) is 64.3 Å². The number of ether oxygens (including phenoxy) is 1. The molecule has 96 valence electrons. The molecule has 1 aromatic carbocycles. The molecule has 0 spiro atoms. The maximum absolute atomic E-state index is 11.7. The lowest BCUT2D eigenvalue weighted by Crippen LogP contribution is -2.26. The van der Waals surface area contributed by atoms with Crippen LogP contribution in [-0.4, -0.2) is 25.7 Å². The molecule has 5 heteroatoms. The minimum Gasteiger partial charge on any atom is -0.372 e. The largest absolute Gasteiger partial charge is 0.372 e. The van der Waals surface area contributed by atoms with Crippen molar-refractivity contribution in [2.75, 3.05) is 19.0 Å². The first kappa shape index (κ1) is 14.5. The molecule has 0 aromatic heterocycles. The van der Waals surface area contributed by atoms with E-state index in [-0.39, 0.29) is 12.5 Å². The van der Waals surface area contributed by atoms with Gasteiger partial charge in [0.05, 0.1) is 17.3 Å². The highest BCUT2D eigenvalue weighted by Crippen LogP contribution is 2.23. The van der Waals surface area contributed by atoms with Crippen LogP contribution in [0.2, 0.25) is 5.02 Å². The predicted molar refractivity (Wildman–Crippen MR) is 72.5 cm³/mol. The van der Waals surface area contributed by atoms with Gasteiger partial charge in [0.1, 0.15) is 6.10 Å². The molecule has 1 unspecified atom stereocenters. The second kappa shape index (κ2) is 7.02. The van der Waals surface area contributed by atoms with E-state index >= 15 is 0 Å². The molecule has 0 saturated carbocycles. The van der Waals surface area contributed by atoms with Gasteiger partial charge in [-0.1, -0.05) is 23.4 Å². The van der Waals surface area contributed by atoms with Gasteiger partial charge in [-0.25, -0.2) is 0 Å². The second-order valence-electron chi connectivity index (χ2n) is 3.57. The van der Waals surface area contributed by atoms with Crippen LogP contribution in [0.4, 0.5) is 5.69 Å². The van der Waals surface area contributed by atoms with Gasteiger partial charge in [0, 0.05) is 12.7 Å². The number of carbonyl (C=O) groups is 1. The number of anilines is 1. The molecule has 0 aliphatic rings. The number of nitrogens with one attached hydrogen (secondary N) is 1. The number of amides is 1. The van der Waals surface area contributed by atoms with Crippen molar-refractivity contribution in [1.82, 2.24) is 0 Å². The third-order valence-electron chi connectivity index (χ3n) is 2.28. The zero-order valence-electron chi connectivity index (χ0n) is 10.3. The fourth-order valence-electron chi connectivity index (χ4n) is 1.19. The highest BCUT2D eigenvalue weighted by atomic mass is 35.5. The number of rotatable bonds is 3. The molecule has 1 amide bonds. The van der Waals surface area contributed by atoms with Crippen LogP contribution >= 0.6 is 11.6 Å². The molecule has 1 aromatic rings. The van der Waals surface area contributed by atoms with Crippen LogP contribution in [0.5, 0.6) is 0 Å². The molecule has 0 fully saturated rings. The minimum atomic E-state index is -0.542. The average Bonchev–Trinajstić information content (AvgIpc) is 2.38. The first-order valence-electron chi connectivity index (χ1n) is 5.40. The molecule has 0 saturated heterocycles. The van der Waals surface area contributed by atoms with Gasteiger partial charge in [0.15, 0.2) is 0 Å². The van der Waals surface area contributed by atoms with E-state index in [0.717, 1.165) is 5.56 Å². The molecule has 18 heavy (non-hydrogen) atoms. The summed E-state index contributed by atoms with van der Waals surface area (Å²) in [5.74, 6) is 5.35. The van der Waals surface area contributed by atoms with E-state index in [2.05, 4.69) is 17.2 Å². The fraction of sp³-hybridized carbons (Fsp3) is 0.308. The van der Waals surface area contributed by atoms with Gasteiger partial charge in [-0.05, 0) is 25.1 Å². The van der Waals surface area contributed by atoms with Gasteiger partial charge in [-0.2, -0.15) is 0 Å². The van der Waals surface area contributed by atoms with E-state index in [1.54, 1.807) is 25.1 Å². The van der Waals surface area contributed by atoms with Crippen LogP contribution in [0, 0.1) is 11.8 Å². The Labute approximate surface area is 111 Å². The van der Waals surface area contributed by atoms with Crippen LogP contribution in [-0.2, 0) is 9.53 Å². The molecular weight excluding hydrogens is 252 g/mol. The molecule has 4 nitrogen and oxygen atoms in total. The van der Waals surface area contributed by atoms with Crippen LogP contribution in [0.25, 0.3) is 0 Å². The Morgan fingerprint density at radius 1 is 1.61 bits per heavy atom. The third-order valence-corrected chi connectivity index (χ3v) is 2.61. The van der Waals surface area contributed by atoms with Crippen molar-refractivity contribution >= 4 is 23.2 Å². The van der Waals surface area contributed by atoms with Crippen molar-refractivity contribution in [3.8, 4) is 11.8 Å². The van der Waals surface area contributed by atoms with Crippen molar-refractivity contribution in [2.45, 2.75) is 13.0 Å². The number of methoxy groups -OCH3 is 1. The van der Waals surface area contributed by atoms with E-state index in [9.17, 15) is 4.79 Å². The van der Waals surface area contributed by atoms with Gasteiger partial charge in [0.2, 0.25) is 0 Å². The summed E-state index contributed by atoms with van der Waals surface area (Å²) in [5, 5.41) is 3.13. The zero-order valence-corrected chi connectivity index (χ0v) is 11.0. The van der Waals surface area contributed by atoms with Crippen LogP contribution in [0.15, 0.2) is 18.2 Å². The maximum atomic E-state index is 11.7. The number of benzene rings is 1. The van der Waals surface area contributed by atoms with Gasteiger partial charge >= 0.3 is 0 Å². The van der Waals surface area contributed by atoms with E-state index in [4.69, 9.17) is 22.1 Å². The number of nitrogens with two attached hydrogens (primary N) is 1. The fourth-order valence-corrected chi connectivity index (χ4v) is 1.36. The van der Waals surface area contributed by atoms with E-state index in [1.807, 2.05) is 0 Å². The number of hydrogen-bond donors (Lipinski definition) is 2. The van der Waals surface area contributed by atoms with Crippen LogP contribution < -0.4 is 11.1 Å². The maximum Gasteiger partial charge on any atom is 0.253 e. The van der Waals surface area contributed by atoms with Crippen LogP contribution in [0.1, 0.15) is 12.5 Å². The molecule has 1 atom stereocenters. The molecule has 0 radical (unpaired) electrons. The highest BCUT2D eigenvalue weighted by molar-refractivity contribution is 6.33. The van der Waals surface area contributed by atoms with E-state index in [0.29, 0.717) is 10.7 Å². The second-order valence-corrected chi connectivity index (χ2v) is 3.97. The Balaban J connectivity index is 2.91. The summed E-state index contributed by atoms with van der Waals surface area (Å²) in [6, 6.07) is 5.14. The quantitative estimate of drug-likeness (QED) is 0.817. The number of carbonyl (C=O) groups excluding carboxylic acids is 1. The van der Waals surface area contributed by atoms with Crippen molar-refractivity contribution in [2.24, 2.45) is 5.73 Å². The lowest BCUT2D eigenvalue weighted by atomic mass is 10.2. The van der Waals surface area contributed by atoms with Gasteiger partial charge < -0.3 is 15.8 Å². The molecule has 1 rings (SSSR count). The SMILES string of the molecule is COC(C)C(=O)Nc1cc(C#CCN)ccc1Cl. The highest BCUT2D eigenvalue weighted by Gasteiger charge is 2.13. The normalized spacial score (nSPS) is 11.3. The van der Waals surface area contributed by atoms with Crippen molar-refractivity contribution < 1.29 is 9.53 Å². The molecule has 0 aliphatic carbocycles. The summed E-state index contributed by atoms with van der Waals surface area (Å²) in [6.45, 7) is 1.94. The van der Waals surface area contributed by atoms with Crippen LogP contribution in [0.3, 0.4) is 0 Å². The van der Waals surface area contributed by atoms with Crippen molar-refractivity contribution in [1.29, 1.82) is 0 Å². The first-order valence-corrected chi connectivity index (χ1v) is 5.78. The Hall–Kier alpha value is -1.54. The van der Waals surface area contributed by atoms with Crippen molar-refractivity contribution in [3.63, 3.8) is 0 Å². The van der Waals surface area contributed by atoms with E-state index in [1.165, 1.54) is 7.11 Å².